The average molecular weight is 460 g/mol. The van der Waals surface area contributed by atoms with Gasteiger partial charge >= 0.3 is 11.8 Å². The van der Waals surface area contributed by atoms with Gasteiger partial charge in [-0.3, -0.25) is 14.4 Å². The maximum atomic E-state index is 12.2. The Labute approximate surface area is 196 Å². The number of rotatable bonds is 8. The molecular weight excluding hydrogens is 436 g/mol. The lowest BCUT2D eigenvalue weighted by Crippen LogP contribution is -2.32. The SMILES string of the molecule is COc1ccccc1NC(=O)C(=O)N/N=C\c1ccccc1OCC(=O)Nc1cccc(C)c1. The van der Waals surface area contributed by atoms with Crippen LogP contribution in [-0.4, -0.2) is 37.7 Å². The predicted molar refractivity (Wildman–Crippen MR) is 129 cm³/mol. The number of methoxy groups -OCH3 is 1. The van der Waals surface area contributed by atoms with Crippen LogP contribution in [0.2, 0.25) is 0 Å². The number of carbonyl (C=O) groups is 3. The molecule has 0 bridgehead atoms. The van der Waals surface area contributed by atoms with Gasteiger partial charge in [-0.25, -0.2) is 5.43 Å². The summed E-state index contributed by atoms with van der Waals surface area (Å²) in [6.07, 6.45) is 1.32. The minimum absolute atomic E-state index is 0.216. The first-order chi connectivity index (χ1) is 16.5. The van der Waals surface area contributed by atoms with Crippen LogP contribution in [0.3, 0.4) is 0 Å². The predicted octanol–water partition coefficient (Wildman–Crippen LogP) is 3.11. The lowest BCUT2D eigenvalue weighted by Gasteiger charge is -2.10. The van der Waals surface area contributed by atoms with Crippen molar-refractivity contribution in [2.45, 2.75) is 6.92 Å². The van der Waals surface area contributed by atoms with Gasteiger partial charge in [-0.15, -0.1) is 0 Å². The molecule has 3 N–H and O–H groups in total. The van der Waals surface area contributed by atoms with Crippen LogP contribution in [0.5, 0.6) is 11.5 Å². The highest BCUT2D eigenvalue weighted by Gasteiger charge is 2.15. The molecular formula is C25H24N4O5. The first-order valence-corrected chi connectivity index (χ1v) is 10.3. The van der Waals surface area contributed by atoms with E-state index in [0.29, 0.717) is 28.4 Å². The molecule has 9 heteroatoms. The second-order valence-electron chi connectivity index (χ2n) is 7.10. The molecule has 0 saturated carbocycles. The van der Waals surface area contributed by atoms with Crippen LogP contribution in [0.15, 0.2) is 77.9 Å². The molecule has 0 spiro atoms. The third-order valence-electron chi connectivity index (χ3n) is 4.51. The second-order valence-corrected chi connectivity index (χ2v) is 7.10. The van der Waals surface area contributed by atoms with Crippen molar-refractivity contribution >= 4 is 35.3 Å². The summed E-state index contributed by atoms with van der Waals surface area (Å²) in [7, 11) is 1.46. The Balaban J connectivity index is 1.54. The van der Waals surface area contributed by atoms with Crippen LogP contribution in [-0.2, 0) is 14.4 Å². The summed E-state index contributed by atoms with van der Waals surface area (Å²) in [4.78, 5) is 36.4. The van der Waals surface area contributed by atoms with Gasteiger partial charge in [-0.2, -0.15) is 5.10 Å². The fraction of sp³-hybridized carbons (Fsp3) is 0.120. The molecule has 174 valence electrons. The Morgan fingerprint density at radius 2 is 1.62 bits per heavy atom. The summed E-state index contributed by atoms with van der Waals surface area (Å²) in [5, 5.41) is 9.04. The number of hydrogen-bond donors (Lipinski definition) is 3. The highest BCUT2D eigenvalue weighted by Crippen LogP contribution is 2.22. The Morgan fingerprint density at radius 1 is 0.882 bits per heavy atom. The maximum Gasteiger partial charge on any atom is 0.329 e. The largest absolute Gasteiger partial charge is 0.495 e. The van der Waals surface area contributed by atoms with Gasteiger partial charge in [0.25, 0.3) is 5.91 Å². The van der Waals surface area contributed by atoms with Crippen LogP contribution in [0.4, 0.5) is 11.4 Å². The first-order valence-electron chi connectivity index (χ1n) is 10.3. The van der Waals surface area contributed by atoms with Crippen molar-refractivity contribution in [3.8, 4) is 11.5 Å². The number of amides is 3. The first kappa shape index (κ1) is 24.0. The molecule has 0 fully saturated rings. The number of benzene rings is 3. The van der Waals surface area contributed by atoms with Crippen molar-refractivity contribution < 1.29 is 23.9 Å². The van der Waals surface area contributed by atoms with E-state index in [2.05, 4.69) is 21.2 Å². The number of para-hydroxylation sites is 3. The summed E-state index contributed by atoms with van der Waals surface area (Å²) < 4.78 is 10.7. The molecule has 9 nitrogen and oxygen atoms in total. The van der Waals surface area contributed by atoms with Crippen LogP contribution in [0.25, 0.3) is 0 Å². The zero-order valence-corrected chi connectivity index (χ0v) is 18.7. The van der Waals surface area contributed by atoms with Gasteiger partial charge in [-0.05, 0) is 48.9 Å². The van der Waals surface area contributed by atoms with Gasteiger partial charge in [0.05, 0.1) is 19.0 Å². The fourth-order valence-electron chi connectivity index (χ4n) is 2.92. The molecule has 3 aromatic rings. The standard InChI is InChI=1S/C25H24N4O5/c1-17-8-7-10-19(14-17)27-23(30)16-34-21-12-5-3-9-18(21)15-26-29-25(32)24(31)28-20-11-4-6-13-22(20)33-2/h3-15H,16H2,1-2H3,(H,27,30)(H,28,31)(H,29,32)/b26-15-. The van der Waals surface area contributed by atoms with Crippen molar-refractivity contribution in [2.75, 3.05) is 24.4 Å². The monoisotopic (exact) mass is 460 g/mol. The topological polar surface area (TPSA) is 118 Å². The Hall–Kier alpha value is -4.66. The highest BCUT2D eigenvalue weighted by molar-refractivity contribution is 6.39. The Bertz CT molecular complexity index is 1210. The van der Waals surface area contributed by atoms with Crippen molar-refractivity contribution in [1.29, 1.82) is 0 Å². The zero-order valence-electron chi connectivity index (χ0n) is 18.7. The average Bonchev–Trinajstić information content (AvgIpc) is 2.83. The van der Waals surface area contributed by atoms with E-state index in [1.165, 1.54) is 13.3 Å². The lowest BCUT2D eigenvalue weighted by atomic mass is 10.2. The fourth-order valence-corrected chi connectivity index (χ4v) is 2.92. The van der Waals surface area contributed by atoms with Crippen LogP contribution < -0.4 is 25.5 Å². The summed E-state index contributed by atoms with van der Waals surface area (Å²) in [5.74, 6) is -1.38. The molecule has 0 saturated heterocycles. The quantitative estimate of drug-likeness (QED) is 0.271. The number of nitrogens with one attached hydrogen (secondary N) is 3. The molecule has 0 unspecified atom stereocenters. The van der Waals surface area contributed by atoms with E-state index in [0.717, 1.165) is 5.56 Å². The number of aryl methyl sites for hydroxylation is 1. The number of hydrazone groups is 1. The van der Waals surface area contributed by atoms with E-state index in [1.807, 2.05) is 25.1 Å². The maximum absolute atomic E-state index is 12.2. The number of nitrogens with zero attached hydrogens (tertiary/aromatic N) is 1. The third kappa shape index (κ3) is 6.92. The van der Waals surface area contributed by atoms with Gasteiger partial charge in [0.1, 0.15) is 11.5 Å². The minimum atomic E-state index is -0.960. The molecule has 0 aliphatic carbocycles. The molecule has 0 heterocycles. The smallest absolute Gasteiger partial charge is 0.329 e. The zero-order chi connectivity index (χ0) is 24.3. The van der Waals surface area contributed by atoms with E-state index < -0.39 is 11.8 Å². The number of anilines is 2. The molecule has 0 atom stereocenters. The molecule has 3 rings (SSSR count). The Morgan fingerprint density at radius 3 is 2.38 bits per heavy atom. The van der Waals surface area contributed by atoms with E-state index in [-0.39, 0.29) is 12.5 Å². The van der Waals surface area contributed by atoms with Gasteiger partial charge in [0, 0.05) is 11.3 Å². The van der Waals surface area contributed by atoms with Crippen LogP contribution >= 0.6 is 0 Å². The molecule has 0 radical (unpaired) electrons. The molecule has 34 heavy (non-hydrogen) atoms. The van der Waals surface area contributed by atoms with Crippen LogP contribution in [0, 0.1) is 6.92 Å². The number of carbonyl (C=O) groups excluding carboxylic acids is 3. The van der Waals surface area contributed by atoms with Gasteiger partial charge in [0.15, 0.2) is 6.61 Å². The van der Waals surface area contributed by atoms with Crippen molar-refractivity contribution in [3.05, 3.63) is 83.9 Å². The molecule has 3 aromatic carbocycles. The summed E-state index contributed by atoms with van der Waals surface area (Å²) in [5.41, 5.74) is 4.74. The van der Waals surface area contributed by atoms with Gasteiger partial charge < -0.3 is 20.1 Å². The normalized spacial score (nSPS) is 10.4. The summed E-state index contributed by atoms with van der Waals surface area (Å²) in [6, 6.07) is 21.0. The van der Waals surface area contributed by atoms with E-state index in [9.17, 15) is 14.4 Å². The van der Waals surface area contributed by atoms with Gasteiger partial charge in [0.2, 0.25) is 0 Å². The van der Waals surface area contributed by atoms with E-state index in [1.54, 1.807) is 54.6 Å². The Kier molecular flexibility index (Phi) is 8.34. The molecule has 0 aromatic heterocycles. The molecule has 0 aliphatic rings. The summed E-state index contributed by atoms with van der Waals surface area (Å²) >= 11 is 0. The lowest BCUT2D eigenvalue weighted by molar-refractivity contribution is -0.136. The molecule has 0 aliphatic heterocycles. The molecule has 3 amide bonds. The third-order valence-corrected chi connectivity index (χ3v) is 4.51. The van der Waals surface area contributed by atoms with Crippen molar-refractivity contribution in [3.63, 3.8) is 0 Å². The minimum Gasteiger partial charge on any atom is -0.495 e. The van der Waals surface area contributed by atoms with Crippen molar-refractivity contribution in [1.82, 2.24) is 5.43 Å². The highest BCUT2D eigenvalue weighted by atomic mass is 16.5. The number of ether oxygens (including phenoxy) is 2. The second kappa shape index (κ2) is 11.8. The van der Waals surface area contributed by atoms with Crippen LogP contribution in [0.1, 0.15) is 11.1 Å². The van der Waals surface area contributed by atoms with Crippen molar-refractivity contribution in [2.24, 2.45) is 5.10 Å². The van der Waals surface area contributed by atoms with Gasteiger partial charge in [-0.1, -0.05) is 36.4 Å². The number of hydrogen-bond acceptors (Lipinski definition) is 6. The van der Waals surface area contributed by atoms with E-state index in [4.69, 9.17) is 9.47 Å². The summed E-state index contributed by atoms with van der Waals surface area (Å²) in [6.45, 7) is 1.72. The van der Waals surface area contributed by atoms with E-state index >= 15 is 0 Å².